The molecule has 6 nitrogen and oxygen atoms in total. The summed E-state index contributed by atoms with van der Waals surface area (Å²) in [4.78, 5) is 15.3. The van der Waals surface area contributed by atoms with Crippen LogP contribution in [0.4, 0.5) is 14.6 Å². The second-order valence-corrected chi connectivity index (χ2v) is 7.48. The highest BCUT2D eigenvalue weighted by Gasteiger charge is 2.13. The molecule has 0 atom stereocenters. The molecule has 0 aliphatic rings. The van der Waals surface area contributed by atoms with Crippen LogP contribution >= 0.6 is 11.6 Å². The number of carboxylic acid groups (broad SMARTS) is 1. The number of phenolic OH excluding ortho intramolecular Hbond substituents is 1. The Morgan fingerprint density at radius 1 is 1.16 bits per heavy atom. The first kappa shape index (κ1) is 23.3. The van der Waals surface area contributed by atoms with Crippen LogP contribution in [0.1, 0.15) is 18.4 Å². The molecule has 32 heavy (non-hydrogen) atoms. The van der Waals surface area contributed by atoms with E-state index in [0.29, 0.717) is 51.8 Å². The maximum Gasteiger partial charge on any atom is 0.387 e. The van der Waals surface area contributed by atoms with Crippen LogP contribution in [0.15, 0.2) is 48.5 Å². The van der Waals surface area contributed by atoms with Crippen molar-refractivity contribution in [2.45, 2.75) is 26.4 Å². The summed E-state index contributed by atoms with van der Waals surface area (Å²) < 4.78 is 29.2. The number of nitrogens with zero attached hydrogens (tertiary/aromatic N) is 1. The van der Waals surface area contributed by atoms with Gasteiger partial charge in [0.05, 0.1) is 5.69 Å². The molecule has 1 heterocycles. The van der Waals surface area contributed by atoms with Crippen LogP contribution in [0.3, 0.4) is 0 Å². The number of nitrogens with one attached hydrogen (secondary N) is 1. The first-order valence-electron chi connectivity index (χ1n) is 9.75. The molecule has 168 valence electrons. The molecule has 0 radical (unpaired) electrons. The fourth-order valence-electron chi connectivity index (χ4n) is 3.08. The van der Waals surface area contributed by atoms with Crippen LogP contribution in [0.5, 0.6) is 11.5 Å². The number of aryl methyl sites for hydroxylation is 1. The third kappa shape index (κ3) is 6.07. The molecule has 0 aliphatic carbocycles. The van der Waals surface area contributed by atoms with Gasteiger partial charge < -0.3 is 20.3 Å². The molecule has 0 amide bonds. The first-order chi connectivity index (χ1) is 15.2. The summed E-state index contributed by atoms with van der Waals surface area (Å²) in [5, 5.41) is 22.8. The van der Waals surface area contributed by atoms with Crippen molar-refractivity contribution in [2.75, 3.05) is 11.9 Å². The predicted octanol–water partition coefficient (Wildman–Crippen LogP) is 5.96. The number of benzene rings is 2. The average Bonchev–Trinajstić information content (AvgIpc) is 2.73. The molecule has 3 N–H and O–H groups in total. The highest BCUT2D eigenvalue weighted by molar-refractivity contribution is 6.31. The van der Waals surface area contributed by atoms with Crippen molar-refractivity contribution < 1.29 is 28.5 Å². The van der Waals surface area contributed by atoms with Gasteiger partial charge in [0.2, 0.25) is 0 Å². The number of aliphatic carboxylic acids is 1. The maximum absolute atomic E-state index is 12.4. The number of pyridine rings is 1. The number of rotatable bonds is 9. The van der Waals surface area contributed by atoms with Gasteiger partial charge in [0.25, 0.3) is 0 Å². The van der Waals surface area contributed by atoms with E-state index in [4.69, 9.17) is 16.7 Å². The second-order valence-electron chi connectivity index (χ2n) is 7.07. The summed E-state index contributed by atoms with van der Waals surface area (Å²) in [6.45, 7) is -0.762. The summed E-state index contributed by atoms with van der Waals surface area (Å²) in [7, 11) is 0. The van der Waals surface area contributed by atoms with Crippen molar-refractivity contribution in [3.8, 4) is 33.9 Å². The smallest absolute Gasteiger partial charge is 0.387 e. The van der Waals surface area contributed by atoms with E-state index in [2.05, 4.69) is 15.0 Å². The van der Waals surface area contributed by atoms with E-state index in [-0.39, 0.29) is 17.9 Å². The Kier molecular flexibility index (Phi) is 7.48. The van der Waals surface area contributed by atoms with Crippen molar-refractivity contribution in [1.29, 1.82) is 0 Å². The Bertz CT molecular complexity index is 1110. The summed E-state index contributed by atoms with van der Waals surface area (Å²) in [5.41, 5.74) is 2.99. The summed E-state index contributed by atoms with van der Waals surface area (Å²) in [6.07, 6.45) is 0.414. The van der Waals surface area contributed by atoms with Crippen LogP contribution < -0.4 is 10.1 Å². The molecule has 0 fully saturated rings. The molecule has 1 aromatic heterocycles. The zero-order valence-corrected chi connectivity index (χ0v) is 17.9. The van der Waals surface area contributed by atoms with Gasteiger partial charge in [0, 0.05) is 23.6 Å². The largest absolute Gasteiger partial charge is 0.507 e. The number of carboxylic acids is 1. The fourth-order valence-corrected chi connectivity index (χ4v) is 3.25. The summed E-state index contributed by atoms with van der Waals surface area (Å²) in [6, 6.07) is 12.8. The zero-order chi connectivity index (χ0) is 23.3. The van der Waals surface area contributed by atoms with Crippen LogP contribution in [-0.2, 0) is 4.79 Å². The van der Waals surface area contributed by atoms with E-state index in [1.807, 2.05) is 0 Å². The van der Waals surface area contributed by atoms with E-state index in [0.717, 1.165) is 0 Å². The number of anilines is 1. The molecule has 9 heteroatoms. The Hall–Kier alpha value is -3.39. The molecular formula is C23H21ClF2N2O4. The normalized spacial score (nSPS) is 10.9. The quantitative estimate of drug-likeness (QED) is 0.340. The van der Waals surface area contributed by atoms with Crippen molar-refractivity contribution >= 4 is 23.4 Å². The van der Waals surface area contributed by atoms with Crippen LogP contribution in [0, 0.1) is 6.92 Å². The molecule has 3 aromatic rings. The summed E-state index contributed by atoms with van der Waals surface area (Å²) >= 11 is 6.24. The van der Waals surface area contributed by atoms with Crippen LogP contribution in [0.25, 0.3) is 22.4 Å². The number of phenols is 1. The molecule has 0 saturated carbocycles. The van der Waals surface area contributed by atoms with Gasteiger partial charge in [-0.1, -0.05) is 23.7 Å². The Morgan fingerprint density at radius 2 is 1.88 bits per heavy atom. The van der Waals surface area contributed by atoms with Gasteiger partial charge in [0.15, 0.2) is 0 Å². The van der Waals surface area contributed by atoms with Crippen molar-refractivity contribution in [2.24, 2.45) is 0 Å². The number of aromatic hydroxyl groups is 1. The fraction of sp³-hybridized carbons (Fsp3) is 0.217. The van der Waals surface area contributed by atoms with Crippen molar-refractivity contribution in [3.05, 3.63) is 59.1 Å². The lowest BCUT2D eigenvalue weighted by molar-refractivity contribution is -0.137. The lowest BCUT2D eigenvalue weighted by Crippen LogP contribution is -2.06. The first-order valence-corrected chi connectivity index (χ1v) is 10.1. The summed E-state index contributed by atoms with van der Waals surface area (Å²) in [5.74, 6) is -0.381. The Labute approximate surface area is 188 Å². The van der Waals surface area contributed by atoms with Crippen LogP contribution in [0.2, 0.25) is 5.02 Å². The van der Waals surface area contributed by atoms with E-state index in [1.165, 1.54) is 12.1 Å². The molecule has 0 saturated heterocycles. The van der Waals surface area contributed by atoms with Gasteiger partial charge in [-0.15, -0.1) is 0 Å². The maximum atomic E-state index is 12.4. The molecule has 0 unspecified atom stereocenters. The number of carbonyl (C=O) groups is 1. The topological polar surface area (TPSA) is 91.7 Å². The SMILES string of the molecule is Cc1cc(O)c(-c2cc(-c3ccc(OC(F)F)cc3)cc(NCCCC(=O)O)n2)cc1Cl. The lowest BCUT2D eigenvalue weighted by atomic mass is 10.0. The van der Waals surface area contributed by atoms with E-state index < -0.39 is 12.6 Å². The molecule has 3 rings (SSSR count). The number of alkyl halides is 2. The van der Waals surface area contributed by atoms with E-state index in [1.54, 1.807) is 43.3 Å². The third-order valence-electron chi connectivity index (χ3n) is 4.66. The number of halogens is 3. The van der Waals surface area contributed by atoms with E-state index >= 15 is 0 Å². The molecule has 2 aromatic carbocycles. The number of aromatic nitrogens is 1. The number of hydrogen-bond acceptors (Lipinski definition) is 5. The molecular weight excluding hydrogens is 442 g/mol. The van der Waals surface area contributed by atoms with Gasteiger partial charge in [-0.05, 0) is 66.4 Å². The van der Waals surface area contributed by atoms with Crippen molar-refractivity contribution in [3.63, 3.8) is 0 Å². The minimum Gasteiger partial charge on any atom is -0.507 e. The predicted molar refractivity (Wildman–Crippen MR) is 119 cm³/mol. The molecule has 0 spiro atoms. The van der Waals surface area contributed by atoms with Gasteiger partial charge >= 0.3 is 12.6 Å². The lowest BCUT2D eigenvalue weighted by Gasteiger charge is -2.13. The van der Waals surface area contributed by atoms with Gasteiger partial charge in [-0.25, -0.2) is 4.98 Å². The minimum atomic E-state index is -2.91. The second kappa shape index (κ2) is 10.3. The van der Waals surface area contributed by atoms with Crippen LogP contribution in [-0.4, -0.2) is 34.3 Å². The van der Waals surface area contributed by atoms with Gasteiger partial charge in [0.1, 0.15) is 17.3 Å². The monoisotopic (exact) mass is 462 g/mol. The number of ether oxygens (including phenoxy) is 1. The standard InChI is InChI=1S/C23H21ClF2N2O4/c1-13-9-20(29)17(12-18(13)24)19-10-15(11-21(28-19)27-8-2-3-22(30)31)14-4-6-16(7-5-14)32-23(25)26/h4-7,9-12,23,29H,2-3,8H2,1H3,(H,27,28)(H,30,31). The minimum absolute atomic E-state index is 0.00839. The highest BCUT2D eigenvalue weighted by Crippen LogP contribution is 2.36. The highest BCUT2D eigenvalue weighted by atomic mass is 35.5. The van der Waals surface area contributed by atoms with Gasteiger partial charge in [-0.2, -0.15) is 8.78 Å². The van der Waals surface area contributed by atoms with E-state index in [9.17, 15) is 18.7 Å². The Morgan fingerprint density at radius 3 is 2.53 bits per heavy atom. The third-order valence-corrected chi connectivity index (χ3v) is 5.07. The number of hydrogen-bond donors (Lipinski definition) is 3. The molecule has 0 bridgehead atoms. The van der Waals surface area contributed by atoms with Gasteiger partial charge in [-0.3, -0.25) is 4.79 Å². The average molecular weight is 463 g/mol. The van der Waals surface area contributed by atoms with Crippen molar-refractivity contribution in [1.82, 2.24) is 4.98 Å². The molecule has 0 aliphatic heterocycles. The Balaban J connectivity index is 1.98. The zero-order valence-electron chi connectivity index (χ0n) is 17.1.